The number of nitrogens with zero attached hydrogens (tertiary/aromatic N) is 3. The van der Waals surface area contributed by atoms with E-state index < -0.39 is 10.0 Å². The summed E-state index contributed by atoms with van der Waals surface area (Å²) in [7, 11) is -3.55. The number of carbonyl (C=O) groups excluding carboxylic acids is 1. The number of fused-ring (bicyclic) bond motifs is 1. The molecule has 2 aliphatic heterocycles. The zero-order valence-corrected chi connectivity index (χ0v) is 18.1. The van der Waals surface area contributed by atoms with Gasteiger partial charge in [-0.2, -0.15) is 0 Å². The van der Waals surface area contributed by atoms with Gasteiger partial charge in [0.15, 0.2) is 0 Å². The fraction of sp³-hybridized carbons (Fsp3) is 0.364. The molecule has 2 aromatic carbocycles. The van der Waals surface area contributed by atoms with Crippen LogP contribution in [-0.2, 0) is 14.8 Å². The van der Waals surface area contributed by atoms with Crippen LogP contribution in [0.1, 0.15) is 23.1 Å². The lowest BCUT2D eigenvalue weighted by Crippen LogP contribution is -2.49. The fourth-order valence-electron chi connectivity index (χ4n) is 3.95. The Kier molecular flexibility index (Phi) is 5.51. The van der Waals surface area contributed by atoms with Crippen molar-refractivity contribution in [2.45, 2.75) is 25.2 Å². The van der Waals surface area contributed by atoms with Gasteiger partial charge in [0.05, 0.1) is 11.4 Å². The molecule has 0 spiro atoms. The normalized spacial score (nSPS) is 18.9. The van der Waals surface area contributed by atoms with E-state index in [2.05, 4.69) is 46.7 Å². The Labute approximate surface area is 177 Å². The fourth-order valence-corrected chi connectivity index (χ4v) is 5.20. The number of hydrogen-bond donors (Lipinski definition) is 1. The second-order valence-corrected chi connectivity index (χ2v) is 9.32. The van der Waals surface area contributed by atoms with E-state index in [4.69, 9.17) is 0 Å². The lowest BCUT2D eigenvalue weighted by molar-refractivity contribution is -0.131. The van der Waals surface area contributed by atoms with Crippen LogP contribution < -0.4 is 9.62 Å². The highest BCUT2D eigenvalue weighted by Gasteiger charge is 2.30. The summed E-state index contributed by atoms with van der Waals surface area (Å²) in [6, 6.07) is 13.1. The third-order valence-corrected chi connectivity index (χ3v) is 7.20. The molecule has 2 aromatic rings. The van der Waals surface area contributed by atoms with Crippen molar-refractivity contribution in [2.24, 2.45) is 4.99 Å². The van der Waals surface area contributed by atoms with Gasteiger partial charge in [-0.1, -0.05) is 24.3 Å². The van der Waals surface area contributed by atoms with Crippen LogP contribution in [0, 0.1) is 13.8 Å². The molecule has 7 nitrogen and oxygen atoms in total. The van der Waals surface area contributed by atoms with Crippen molar-refractivity contribution in [1.29, 1.82) is 0 Å². The molecule has 158 valence electrons. The van der Waals surface area contributed by atoms with Crippen molar-refractivity contribution in [3.8, 4) is 0 Å². The van der Waals surface area contributed by atoms with Crippen molar-refractivity contribution in [1.82, 2.24) is 9.62 Å². The summed E-state index contributed by atoms with van der Waals surface area (Å²) in [5.41, 5.74) is 4.36. The molecular weight excluding hydrogens is 400 g/mol. The molecule has 2 heterocycles. The highest BCUT2D eigenvalue weighted by molar-refractivity contribution is 7.90. The molecule has 0 aliphatic carbocycles. The first-order valence-electron chi connectivity index (χ1n) is 10.1. The van der Waals surface area contributed by atoms with Gasteiger partial charge in [0.25, 0.3) is 10.0 Å². The Morgan fingerprint density at radius 3 is 2.53 bits per heavy atom. The van der Waals surface area contributed by atoms with Gasteiger partial charge >= 0.3 is 0 Å². The van der Waals surface area contributed by atoms with Crippen molar-refractivity contribution in [2.75, 3.05) is 37.6 Å². The molecule has 2 aliphatic rings. The molecule has 0 atom stereocenters. The number of benzene rings is 2. The minimum atomic E-state index is -3.55. The summed E-state index contributed by atoms with van der Waals surface area (Å²) < 4.78 is 26.7. The van der Waals surface area contributed by atoms with Crippen LogP contribution in [0.4, 0.5) is 5.69 Å². The zero-order chi connectivity index (χ0) is 21.3. The van der Waals surface area contributed by atoms with Gasteiger partial charge in [0.1, 0.15) is 5.84 Å². The summed E-state index contributed by atoms with van der Waals surface area (Å²) in [6.07, 6.45) is 0.261. The molecule has 1 N–H and O–H groups in total. The average molecular weight is 427 g/mol. The number of anilines is 1. The van der Waals surface area contributed by atoms with Crippen LogP contribution in [0.5, 0.6) is 0 Å². The maximum absolute atomic E-state index is 12.6. The molecule has 0 unspecified atom stereocenters. The predicted molar refractivity (Wildman–Crippen MR) is 117 cm³/mol. The molecule has 30 heavy (non-hydrogen) atoms. The number of amides is 1. The van der Waals surface area contributed by atoms with Gasteiger partial charge in [0, 0.05) is 43.9 Å². The first kappa shape index (κ1) is 20.4. The Hall–Kier alpha value is -2.87. The third kappa shape index (κ3) is 3.92. The predicted octanol–water partition coefficient (Wildman–Crippen LogP) is 2.08. The molecular formula is C22H26N4O3S. The van der Waals surface area contributed by atoms with Gasteiger partial charge in [0.2, 0.25) is 5.91 Å². The summed E-state index contributed by atoms with van der Waals surface area (Å²) in [5, 5.41) is 0. The van der Waals surface area contributed by atoms with E-state index in [1.165, 1.54) is 16.8 Å². The van der Waals surface area contributed by atoms with Crippen molar-refractivity contribution in [3.05, 3.63) is 59.2 Å². The molecule has 0 aromatic heterocycles. The second-order valence-electron chi connectivity index (χ2n) is 7.67. The Bertz CT molecular complexity index is 1100. The molecule has 0 radical (unpaired) electrons. The number of piperazine rings is 1. The van der Waals surface area contributed by atoms with Gasteiger partial charge < -0.3 is 9.80 Å². The smallest absolute Gasteiger partial charge is 0.263 e. The second kappa shape index (κ2) is 8.10. The minimum Gasteiger partial charge on any atom is -0.368 e. The minimum absolute atomic E-state index is 0.0501. The average Bonchev–Trinajstić information content (AvgIpc) is 3.01. The highest BCUT2D eigenvalue weighted by Crippen LogP contribution is 2.24. The highest BCUT2D eigenvalue weighted by atomic mass is 32.2. The van der Waals surface area contributed by atoms with Crippen molar-refractivity contribution < 1.29 is 13.2 Å². The standard InChI is InChI=1S/C22H26N4O3S/c1-16-6-5-8-19(17(16)2)25-12-14-26(15-13-25)21(27)10-11-23-22-18-7-3-4-9-20(18)30(28,29)24-22/h3-9H,10-15H2,1-2H3,(H,23,24). The summed E-state index contributed by atoms with van der Waals surface area (Å²) in [4.78, 5) is 21.4. The topological polar surface area (TPSA) is 82.1 Å². The first-order chi connectivity index (χ1) is 14.4. The van der Waals surface area contributed by atoms with Gasteiger partial charge in [-0.25, -0.2) is 8.42 Å². The number of nitrogens with one attached hydrogen (secondary N) is 1. The zero-order valence-electron chi connectivity index (χ0n) is 17.3. The SMILES string of the molecule is Cc1cccc(N2CCN(C(=O)CCN=C3NS(=O)(=O)c4ccccc43)CC2)c1C. The Morgan fingerprint density at radius 1 is 1.03 bits per heavy atom. The molecule has 0 bridgehead atoms. The van der Waals surface area contributed by atoms with Crippen LogP contribution in [0.3, 0.4) is 0 Å². The van der Waals surface area contributed by atoms with Crippen LogP contribution in [0.15, 0.2) is 52.4 Å². The number of aliphatic imine (C=N–C) groups is 1. The molecule has 1 amide bonds. The van der Waals surface area contributed by atoms with Crippen LogP contribution in [0.25, 0.3) is 0 Å². The lowest BCUT2D eigenvalue weighted by Gasteiger charge is -2.37. The maximum Gasteiger partial charge on any atom is 0.263 e. The van der Waals surface area contributed by atoms with Gasteiger partial charge in [-0.15, -0.1) is 0 Å². The quantitative estimate of drug-likeness (QED) is 0.812. The van der Waals surface area contributed by atoms with Crippen molar-refractivity contribution in [3.63, 3.8) is 0 Å². The van der Waals surface area contributed by atoms with Crippen LogP contribution >= 0.6 is 0 Å². The number of rotatable bonds is 4. The van der Waals surface area contributed by atoms with E-state index in [1.54, 1.807) is 24.3 Å². The Morgan fingerprint density at radius 2 is 1.77 bits per heavy atom. The summed E-state index contributed by atoms with van der Waals surface area (Å²) in [5.74, 6) is 0.368. The first-order valence-corrected chi connectivity index (χ1v) is 11.6. The van der Waals surface area contributed by atoms with E-state index >= 15 is 0 Å². The number of amidine groups is 1. The summed E-state index contributed by atoms with van der Waals surface area (Å²) >= 11 is 0. The molecule has 0 saturated carbocycles. The van der Waals surface area contributed by atoms with E-state index in [-0.39, 0.29) is 23.8 Å². The monoisotopic (exact) mass is 426 g/mol. The van der Waals surface area contributed by atoms with Gasteiger partial charge in [-0.05, 0) is 43.2 Å². The Balaban J connectivity index is 1.33. The van der Waals surface area contributed by atoms with E-state index in [0.29, 0.717) is 24.5 Å². The molecule has 8 heteroatoms. The van der Waals surface area contributed by atoms with E-state index in [9.17, 15) is 13.2 Å². The van der Waals surface area contributed by atoms with Crippen LogP contribution in [0.2, 0.25) is 0 Å². The number of carbonyl (C=O) groups is 1. The van der Waals surface area contributed by atoms with Crippen LogP contribution in [-0.4, -0.2) is 57.8 Å². The van der Waals surface area contributed by atoms with E-state index in [1.807, 2.05) is 4.90 Å². The summed E-state index contributed by atoms with van der Waals surface area (Å²) in [6.45, 7) is 7.47. The number of hydrogen-bond acceptors (Lipinski definition) is 5. The number of aryl methyl sites for hydroxylation is 1. The largest absolute Gasteiger partial charge is 0.368 e. The lowest BCUT2D eigenvalue weighted by atomic mass is 10.1. The molecule has 1 fully saturated rings. The number of sulfonamides is 1. The van der Waals surface area contributed by atoms with Gasteiger partial charge in [-0.3, -0.25) is 14.5 Å². The van der Waals surface area contributed by atoms with E-state index in [0.717, 1.165) is 13.1 Å². The molecule has 1 saturated heterocycles. The maximum atomic E-state index is 12.6. The molecule has 4 rings (SSSR count). The van der Waals surface area contributed by atoms with Crippen molar-refractivity contribution >= 4 is 27.5 Å². The third-order valence-electron chi connectivity index (χ3n) is 5.81.